The van der Waals surface area contributed by atoms with Gasteiger partial charge in [-0.25, -0.2) is 4.68 Å². The van der Waals surface area contributed by atoms with Crippen molar-refractivity contribution in [2.45, 2.75) is 6.92 Å². The zero-order valence-electron chi connectivity index (χ0n) is 21.5. The molecule has 0 atom stereocenters. The van der Waals surface area contributed by atoms with E-state index >= 15 is 0 Å². The third kappa shape index (κ3) is 4.69. The SMILES string of the molecule is CC1=NN(c2ccc([N+](=O)[O-])cc2)C(=O)/C1=C/c1cn(-c2ccccc2)nc1-c1ccc(-c2ccccc2)cc1. The molecule has 2 heterocycles. The first-order valence-corrected chi connectivity index (χ1v) is 12.6. The van der Waals surface area contributed by atoms with Crippen molar-refractivity contribution in [3.8, 4) is 28.1 Å². The number of hydrogen-bond donors (Lipinski definition) is 0. The third-order valence-electron chi connectivity index (χ3n) is 6.70. The van der Waals surface area contributed by atoms with Crippen LogP contribution in [0.2, 0.25) is 0 Å². The lowest BCUT2D eigenvalue weighted by atomic mass is 10.0. The highest BCUT2D eigenvalue weighted by atomic mass is 16.6. The van der Waals surface area contributed by atoms with Crippen molar-refractivity contribution in [2.75, 3.05) is 5.01 Å². The normalized spacial score (nSPS) is 14.0. The van der Waals surface area contributed by atoms with E-state index in [1.54, 1.807) is 17.7 Å². The van der Waals surface area contributed by atoms with Crippen LogP contribution in [0.1, 0.15) is 12.5 Å². The van der Waals surface area contributed by atoms with Crippen LogP contribution in [0.4, 0.5) is 11.4 Å². The molecule has 5 aromatic rings. The molecule has 0 aliphatic carbocycles. The average molecular weight is 526 g/mol. The second kappa shape index (κ2) is 10.3. The Kier molecular flexibility index (Phi) is 6.34. The first-order valence-electron chi connectivity index (χ1n) is 12.6. The van der Waals surface area contributed by atoms with Crippen molar-refractivity contribution < 1.29 is 9.72 Å². The molecule has 1 aromatic heterocycles. The Labute approximate surface area is 230 Å². The number of aromatic nitrogens is 2. The van der Waals surface area contributed by atoms with E-state index in [0.29, 0.717) is 17.0 Å². The number of hydrazone groups is 1. The number of rotatable bonds is 6. The number of carbonyl (C=O) groups is 1. The van der Waals surface area contributed by atoms with E-state index in [0.717, 1.165) is 33.6 Å². The molecular weight excluding hydrogens is 502 g/mol. The molecule has 0 bridgehead atoms. The van der Waals surface area contributed by atoms with Gasteiger partial charge in [-0.05, 0) is 48.4 Å². The van der Waals surface area contributed by atoms with Crippen molar-refractivity contribution in [3.63, 3.8) is 0 Å². The van der Waals surface area contributed by atoms with Gasteiger partial charge >= 0.3 is 0 Å². The summed E-state index contributed by atoms with van der Waals surface area (Å²) in [6.07, 6.45) is 3.71. The number of non-ortho nitro benzene ring substituents is 1. The molecular formula is C32H23N5O3. The number of amides is 1. The molecule has 194 valence electrons. The van der Waals surface area contributed by atoms with Crippen molar-refractivity contribution in [1.82, 2.24) is 9.78 Å². The van der Waals surface area contributed by atoms with Crippen LogP contribution < -0.4 is 5.01 Å². The number of hydrogen-bond acceptors (Lipinski definition) is 5. The quantitative estimate of drug-likeness (QED) is 0.137. The molecule has 1 amide bonds. The number of nitro benzene ring substituents is 1. The average Bonchev–Trinajstić information content (AvgIpc) is 3.55. The Morgan fingerprint density at radius 2 is 1.35 bits per heavy atom. The molecule has 1 aliphatic heterocycles. The van der Waals surface area contributed by atoms with E-state index in [-0.39, 0.29) is 11.6 Å². The third-order valence-corrected chi connectivity index (χ3v) is 6.70. The fraction of sp³-hybridized carbons (Fsp3) is 0.0312. The van der Waals surface area contributed by atoms with E-state index in [1.807, 2.05) is 66.9 Å². The van der Waals surface area contributed by atoms with Gasteiger partial charge < -0.3 is 0 Å². The molecule has 0 N–H and O–H groups in total. The number of para-hydroxylation sites is 1. The lowest BCUT2D eigenvalue weighted by Gasteiger charge is -2.11. The van der Waals surface area contributed by atoms with E-state index < -0.39 is 4.92 Å². The first kappa shape index (κ1) is 24.7. The summed E-state index contributed by atoms with van der Waals surface area (Å²) in [5.74, 6) is -0.316. The van der Waals surface area contributed by atoms with Gasteiger partial charge in [0.2, 0.25) is 0 Å². The Morgan fingerprint density at radius 3 is 2.00 bits per heavy atom. The monoisotopic (exact) mass is 525 g/mol. The second-order valence-corrected chi connectivity index (χ2v) is 9.29. The second-order valence-electron chi connectivity index (χ2n) is 9.29. The fourth-order valence-corrected chi connectivity index (χ4v) is 4.61. The Hall–Kier alpha value is -5.63. The van der Waals surface area contributed by atoms with Crippen LogP contribution in [0.25, 0.3) is 34.1 Å². The highest BCUT2D eigenvalue weighted by Gasteiger charge is 2.29. The molecule has 0 radical (unpaired) electrons. The zero-order chi connectivity index (χ0) is 27.6. The van der Waals surface area contributed by atoms with E-state index in [2.05, 4.69) is 29.4 Å². The minimum Gasteiger partial charge on any atom is -0.267 e. The van der Waals surface area contributed by atoms with Gasteiger partial charge in [0.15, 0.2) is 0 Å². The molecule has 0 saturated carbocycles. The van der Waals surface area contributed by atoms with Crippen molar-refractivity contribution in [2.24, 2.45) is 5.10 Å². The maximum absolute atomic E-state index is 13.4. The van der Waals surface area contributed by atoms with Gasteiger partial charge in [0, 0.05) is 29.5 Å². The lowest BCUT2D eigenvalue weighted by Crippen LogP contribution is -2.21. The summed E-state index contributed by atoms with van der Waals surface area (Å²) < 4.78 is 1.80. The van der Waals surface area contributed by atoms with Gasteiger partial charge in [0.25, 0.3) is 11.6 Å². The van der Waals surface area contributed by atoms with E-state index in [4.69, 9.17) is 5.10 Å². The summed E-state index contributed by atoms with van der Waals surface area (Å²) in [5.41, 5.74) is 6.89. The van der Waals surface area contributed by atoms with Crippen molar-refractivity contribution >= 4 is 29.1 Å². The Bertz CT molecular complexity index is 1770. The molecule has 0 spiro atoms. The summed E-state index contributed by atoms with van der Waals surface area (Å²) in [4.78, 5) is 24.0. The number of carbonyl (C=O) groups excluding carboxylic acids is 1. The van der Waals surface area contributed by atoms with Crippen LogP contribution in [0.3, 0.4) is 0 Å². The highest BCUT2D eigenvalue weighted by molar-refractivity contribution is 6.32. The minimum atomic E-state index is -0.478. The van der Waals surface area contributed by atoms with Crippen LogP contribution in [-0.4, -0.2) is 26.3 Å². The summed E-state index contributed by atoms with van der Waals surface area (Å²) >= 11 is 0. The number of anilines is 1. The summed E-state index contributed by atoms with van der Waals surface area (Å²) in [6, 6.07) is 33.9. The number of nitrogens with zero attached hydrogens (tertiary/aromatic N) is 5. The standard InChI is InChI=1S/C32H23N5O3/c1-22-30(32(38)36(33-22)28-16-18-29(19-17-28)37(39)40)20-26-21-35(27-10-6-3-7-11-27)34-31(26)25-14-12-24(13-15-25)23-8-4-2-5-9-23/h2-21H,1H3/b30-20+. The van der Waals surface area contributed by atoms with Crippen molar-refractivity contribution in [1.29, 1.82) is 0 Å². The predicted octanol–water partition coefficient (Wildman–Crippen LogP) is 6.92. The summed E-state index contributed by atoms with van der Waals surface area (Å²) in [5, 5.41) is 21.6. The zero-order valence-corrected chi connectivity index (χ0v) is 21.5. The molecule has 8 heteroatoms. The smallest absolute Gasteiger partial charge is 0.267 e. The molecule has 0 saturated heterocycles. The molecule has 0 unspecified atom stereocenters. The predicted molar refractivity (Wildman–Crippen MR) is 156 cm³/mol. The number of benzene rings is 4. The maximum atomic E-state index is 13.4. The topological polar surface area (TPSA) is 93.6 Å². The molecule has 0 fully saturated rings. The van der Waals surface area contributed by atoms with Gasteiger partial charge in [-0.1, -0.05) is 72.8 Å². The van der Waals surface area contributed by atoms with E-state index in [1.165, 1.54) is 29.3 Å². The Balaban J connectivity index is 1.39. The summed E-state index contributed by atoms with van der Waals surface area (Å²) in [6.45, 7) is 1.77. The lowest BCUT2D eigenvalue weighted by molar-refractivity contribution is -0.384. The van der Waals surface area contributed by atoms with Gasteiger partial charge in [-0.2, -0.15) is 15.2 Å². The maximum Gasteiger partial charge on any atom is 0.280 e. The van der Waals surface area contributed by atoms with Gasteiger partial charge in [-0.15, -0.1) is 0 Å². The largest absolute Gasteiger partial charge is 0.280 e. The molecule has 4 aromatic carbocycles. The molecule has 40 heavy (non-hydrogen) atoms. The van der Waals surface area contributed by atoms with Crippen LogP contribution in [0, 0.1) is 10.1 Å². The van der Waals surface area contributed by atoms with Gasteiger partial charge in [0.05, 0.1) is 33.3 Å². The van der Waals surface area contributed by atoms with E-state index in [9.17, 15) is 14.9 Å². The van der Waals surface area contributed by atoms with Crippen LogP contribution >= 0.6 is 0 Å². The Morgan fingerprint density at radius 1 is 0.750 bits per heavy atom. The van der Waals surface area contributed by atoms with Crippen LogP contribution in [0.5, 0.6) is 0 Å². The number of nitro groups is 1. The first-order chi connectivity index (χ1) is 19.5. The summed E-state index contributed by atoms with van der Waals surface area (Å²) in [7, 11) is 0. The fourth-order valence-electron chi connectivity index (χ4n) is 4.61. The minimum absolute atomic E-state index is 0.0527. The van der Waals surface area contributed by atoms with Crippen LogP contribution in [-0.2, 0) is 4.79 Å². The molecule has 6 rings (SSSR count). The van der Waals surface area contributed by atoms with Crippen LogP contribution in [0.15, 0.2) is 126 Å². The van der Waals surface area contributed by atoms with Crippen molar-refractivity contribution in [3.05, 3.63) is 137 Å². The van der Waals surface area contributed by atoms with Gasteiger partial charge in [-0.3, -0.25) is 14.9 Å². The molecule has 1 aliphatic rings. The highest BCUT2D eigenvalue weighted by Crippen LogP contribution is 2.31. The molecule has 8 nitrogen and oxygen atoms in total. The van der Waals surface area contributed by atoms with Gasteiger partial charge in [0.1, 0.15) is 0 Å².